The van der Waals surface area contributed by atoms with Crippen LogP contribution in [0.1, 0.15) is 13.2 Å². The second-order valence-electron chi connectivity index (χ2n) is 2.73. The minimum absolute atomic E-state index is 0.00146. The third-order valence-corrected chi connectivity index (χ3v) is 2.21. The van der Waals surface area contributed by atoms with Crippen molar-refractivity contribution in [1.29, 1.82) is 0 Å². The molecule has 6 nitrogen and oxygen atoms in total. The average molecular weight is 295 g/mol. The van der Waals surface area contributed by atoms with Crippen LogP contribution >= 0.6 is 15.9 Å². The molecule has 0 aliphatic carbocycles. The third kappa shape index (κ3) is 2.57. The zero-order valence-electron chi connectivity index (χ0n) is 8.20. The Morgan fingerprint density at radius 3 is 2.88 bits per heavy atom. The molecule has 8 heteroatoms. The van der Waals surface area contributed by atoms with E-state index in [1.54, 1.807) is 0 Å². The number of esters is 1. The van der Waals surface area contributed by atoms with Crippen LogP contribution < -0.4 is 11.2 Å². The van der Waals surface area contributed by atoms with E-state index in [1.807, 2.05) is 4.98 Å². The summed E-state index contributed by atoms with van der Waals surface area (Å²) >= 11 is 2.81. The van der Waals surface area contributed by atoms with Crippen LogP contribution in [0, 0.1) is 0 Å². The Morgan fingerprint density at radius 1 is 1.69 bits per heavy atom. The molecular formula is C8H8BrFN2O4. The van der Waals surface area contributed by atoms with Crippen molar-refractivity contribution in [3.8, 4) is 0 Å². The van der Waals surface area contributed by atoms with E-state index < -0.39 is 23.5 Å². The Hall–Kier alpha value is -1.44. The van der Waals surface area contributed by atoms with Gasteiger partial charge in [-0.2, -0.15) is 0 Å². The molecule has 0 aromatic carbocycles. The summed E-state index contributed by atoms with van der Waals surface area (Å²) < 4.78 is 18.2. The van der Waals surface area contributed by atoms with E-state index in [-0.39, 0.29) is 11.1 Å². The molecule has 1 unspecified atom stereocenters. The summed E-state index contributed by atoms with van der Waals surface area (Å²) in [7, 11) is 0. The van der Waals surface area contributed by atoms with Gasteiger partial charge in [0.25, 0.3) is 11.9 Å². The number of aromatic amines is 1. The molecule has 0 aliphatic rings. The van der Waals surface area contributed by atoms with Gasteiger partial charge in [-0.05, 0) is 22.9 Å². The lowest BCUT2D eigenvalue weighted by Gasteiger charge is -2.09. The number of H-pyrrole nitrogens is 1. The highest BCUT2D eigenvalue weighted by Crippen LogP contribution is 2.09. The number of hydrogen-bond acceptors (Lipinski definition) is 4. The quantitative estimate of drug-likeness (QED) is 0.815. The first-order chi connectivity index (χ1) is 7.47. The highest BCUT2D eigenvalue weighted by atomic mass is 79.9. The van der Waals surface area contributed by atoms with Crippen LogP contribution in [0.4, 0.5) is 4.39 Å². The van der Waals surface area contributed by atoms with Gasteiger partial charge in [0.1, 0.15) is 0 Å². The van der Waals surface area contributed by atoms with Gasteiger partial charge in [-0.3, -0.25) is 14.3 Å². The van der Waals surface area contributed by atoms with E-state index in [0.29, 0.717) is 4.57 Å². The van der Waals surface area contributed by atoms with Crippen LogP contribution in [0.5, 0.6) is 0 Å². The Morgan fingerprint density at radius 2 is 2.31 bits per heavy atom. The second kappa shape index (κ2) is 5.06. The number of nitrogens with one attached hydrogen (secondary N) is 1. The standard InChI is InChI=1S/C8H8BrFN2O4/c1-2-16-7(14)5(10)12-3-4(9)6(13)11-8(12)15/h3,5H,2H2,1H3,(H,11,13,15). The van der Waals surface area contributed by atoms with E-state index >= 15 is 0 Å². The average Bonchev–Trinajstić information content (AvgIpc) is 2.23. The van der Waals surface area contributed by atoms with Crippen molar-refractivity contribution >= 4 is 21.9 Å². The van der Waals surface area contributed by atoms with E-state index in [0.717, 1.165) is 6.20 Å². The molecule has 1 rings (SSSR count). The predicted molar refractivity (Wildman–Crippen MR) is 55.8 cm³/mol. The van der Waals surface area contributed by atoms with Gasteiger partial charge in [-0.15, -0.1) is 0 Å². The molecule has 0 saturated heterocycles. The summed E-state index contributed by atoms with van der Waals surface area (Å²) in [5.74, 6) is -1.19. The second-order valence-corrected chi connectivity index (χ2v) is 3.59. The van der Waals surface area contributed by atoms with Crippen LogP contribution in [0.2, 0.25) is 0 Å². The number of alkyl halides is 1. The van der Waals surface area contributed by atoms with Gasteiger partial charge in [-0.1, -0.05) is 0 Å². The van der Waals surface area contributed by atoms with E-state index in [9.17, 15) is 18.8 Å². The zero-order chi connectivity index (χ0) is 12.3. The van der Waals surface area contributed by atoms with Crippen LogP contribution in [0.25, 0.3) is 0 Å². The Labute approximate surface area is 97.2 Å². The molecule has 0 fully saturated rings. The Kier molecular flexibility index (Phi) is 3.99. The summed E-state index contributed by atoms with van der Waals surface area (Å²) in [4.78, 5) is 35.0. The first-order valence-electron chi connectivity index (χ1n) is 4.29. The van der Waals surface area contributed by atoms with Gasteiger partial charge in [0.05, 0.1) is 11.1 Å². The molecule has 1 aromatic rings. The largest absolute Gasteiger partial charge is 0.462 e. The summed E-state index contributed by atoms with van der Waals surface area (Å²) in [6.07, 6.45) is -1.39. The fourth-order valence-corrected chi connectivity index (χ4v) is 1.27. The molecule has 1 atom stereocenters. The summed E-state index contributed by atoms with van der Waals surface area (Å²) in [5.41, 5.74) is -1.72. The number of carbonyl (C=O) groups is 1. The van der Waals surface area contributed by atoms with Gasteiger partial charge in [-0.25, -0.2) is 14.0 Å². The fraction of sp³-hybridized carbons (Fsp3) is 0.375. The lowest BCUT2D eigenvalue weighted by Crippen LogP contribution is -2.34. The van der Waals surface area contributed by atoms with E-state index in [1.165, 1.54) is 6.92 Å². The number of halogens is 2. The van der Waals surface area contributed by atoms with Crippen molar-refractivity contribution in [2.45, 2.75) is 13.2 Å². The van der Waals surface area contributed by atoms with Crippen LogP contribution in [-0.2, 0) is 9.53 Å². The molecule has 16 heavy (non-hydrogen) atoms. The molecule has 1 heterocycles. The highest BCUT2D eigenvalue weighted by Gasteiger charge is 2.22. The van der Waals surface area contributed by atoms with Gasteiger partial charge >= 0.3 is 11.7 Å². The molecular weight excluding hydrogens is 287 g/mol. The van der Waals surface area contributed by atoms with Gasteiger partial charge < -0.3 is 4.74 Å². The van der Waals surface area contributed by atoms with Crippen molar-refractivity contribution in [3.05, 3.63) is 31.5 Å². The SMILES string of the molecule is CCOC(=O)C(F)n1cc(Br)c(=O)[nH]c1=O. The first kappa shape index (κ1) is 12.6. The van der Waals surface area contributed by atoms with Gasteiger partial charge in [0, 0.05) is 6.20 Å². The van der Waals surface area contributed by atoms with Crippen molar-refractivity contribution in [3.63, 3.8) is 0 Å². The van der Waals surface area contributed by atoms with Gasteiger partial charge in [0.15, 0.2) is 0 Å². The zero-order valence-corrected chi connectivity index (χ0v) is 9.78. The number of nitrogens with zero attached hydrogens (tertiary/aromatic N) is 1. The Balaban J connectivity index is 3.14. The summed E-state index contributed by atoms with van der Waals surface area (Å²) in [5, 5.41) is 0. The monoisotopic (exact) mass is 294 g/mol. The molecule has 1 N–H and O–H groups in total. The smallest absolute Gasteiger partial charge is 0.362 e. The Bertz CT molecular complexity index is 509. The molecule has 0 saturated carbocycles. The molecule has 0 spiro atoms. The molecule has 0 radical (unpaired) electrons. The molecule has 0 aliphatic heterocycles. The number of aromatic nitrogens is 2. The van der Waals surface area contributed by atoms with E-state index in [4.69, 9.17) is 0 Å². The number of hydrogen-bond donors (Lipinski definition) is 1. The third-order valence-electron chi connectivity index (χ3n) is 1.65. The minimum Gasteiger partial charge on any atom is -0.462 e. The maximum atomic E-state index is 13.4. The fourth-order valence-electron chi connectivity index (χ4n) is 0.954. The minimum atomic E-state index is -2.28. The lowest BCUT2D eigenvalue weighted by molar-refractivity contribution is -0.153. The number of carbonyl (C=O) groups excluding carboxylic acids is 1. The molecule has 1 aromatic heterocycles. The molecule has 0 amide bonds. The van der Waals surface area contributed by atoms with Crippen LogP contribution in [0.15, 0.2) is 20.3 Å². The van der Waals surface area contributed by atoms with E-state index in [2.05, 4.69) is 20.7 Å². The maximum absolute atomic E-state index is 13.4. The van der Waals surface area contributed by atoms with Crippen molar-refractivity contribution < 1.29 is 13.9 Å². The predicted octanol–water partition coefficient (Wildman–Crippen LogP) is 0.330. The van der Waals surface area contributed by atoms with Crippen molar-refractivity contribution in [2.24, 2.45) is 0 Å². The molecule has 0 bridgehead atoms. The summed E-state index contributed by atoms with van der Waals surface area (Å²) in [6, 6.07) is 0. The van der Waals surface area contributed by atoms with Crippen LogP contribution in [0.3, 0.4) is 0 Å². The first-order valence-corrected chi connectivity index (χ1v) is 5.08. The molecule has 88 valence electrons. The van der Waals surface area contributed by atoms with Gasteiger partial charge in [0.2, 0.25) is 0 Å². The van der Waals surface area contributed by atoms with Crippen molar-refractivity contribution in [2.75, 3.05) is 6.61 Å². The maximum Gasteiger partial charge on any atom is 0.362 e. The normalized spacial score (nSPS) is 12.2. The van der Waals surface area contributed by atoms with Crippen molar-refractivity contribution in [1.82, 2.24) is 9.55 Å². The topological polar surface area (TPSA) is 81.2 Å². The number of rotatable bonds is 3. The van der Waals surface area contributed by atoms with Crippen LogP contribution in [-0.4, -0.2) is 22.1 Å². The highest BCUT2D eigenvalue weighted by molar-refractivity contribution is 9.10. The lowest BCUT2D eigenvalue weighted by atomic mass is 10.5. The number of ether oxygens (including phenoxy) is 1. The summed E-state index contributed by atoms with van der Waals surface area (Å²) in [6.45, 7) is 1.51.